The van der Waals surface area contributed by atoms with Crippen LogP contribution >= 0.6 is 0 Å². The Kier molecular flexibility index (Phi) is 6.33. The minimum atomic E-state index is -2.74. The summed E-state index contributed by atoms with van der Waals surface area (Å²) in [5.74, 6) is -1.94. The Morgan fingerprint density at radius 1 is 1.15 bits per heavy atom. The van der Waals surface area contributed by atoms with E-state index in [4.69, 9.17) is 4.74 Å². The van der Waals surface area contributed by atoms with Gasteiger partial charge in [0.1, 0.15) is 23.1 Å². The zero-order chi connectivity index (χ0) is 24.5. The topological polar surface area (TPSA) is 101 Å². The SMILES string of the molecule is CC(=O)Cc1cc(Oc2ccc(NC(=O)N3CCC4(CCC(F)(F)CC4)C3=O)nc2C)ccn1. The summed E-state index contributed by atoms with van der Waals surface area (Å²) in [6.07, 6.45) is 1.68. The number of anilines is 1. The van der Waals surface area contributed by atoms with Crippen LogP contribution < -0.4 is 10.1 Å². The number of Topliss-reactive ketones (excluding diaryl/α,β-unsaturated/α-hetero) is 1. The fourth-order valence-electron chi connectivity index (χ4n) is 4.47. The number of aromatic nitrogens is 2. The fourth-order valence-corrected chi connectivity index (χ4v) is 4.47. The largest absolute Gasteiger partial charge is 0.455 e. The van der Waals surface area contributed by atoms with Gasteiger partial charge in [-0.1, -0.05) is 0 Å². The van der Waals surface area contributed by atoms with E-state index in [2.05, 4.69) is 15.3 Å². The van der Waals surface area contributed by atoms with E-state index in [1.807, 2.05) is 0 Å². The maximum absolute atomic E-state index is 13.5. The van der Waals surface area contributed by atoms with Gasteiger partial charge in [0.05, 0.1) is 16.8 Å². The monoisotopic (exact) mass is 472 g/mol. The molecule has 1 N–H and O–H groups in total. The van der Waals surface area contributed by atoms with Crippen molar-refractivity contribution < 1.29 is 27.9 Å². The van der Waals surface area contributed by atoms with Crippen molar-refractivity contribution in [3.63, 3.8) is 0 Å². The van der Waals surface area contributed by atoms with Crippen LogP contribution in [0.2, 0.25) is 0 Å². The van der Waals surface area contributed by atoms with Gasteiger partial charge in [0.2, 0.25) is 11.8 Å². The van der Waals surface area contributed by atoms with Gasteiger partial charge in [-0.25, -0.2) is 18.6 Å². The van der Waals surface area contributed by atoms with Gasteiger partial charge in [0.25, 0.3) is 0 Å². The van der Waals surface area contributed by atoms with Crippen molar-refractivity contribution in [3.05, 3.63) is 41.9 Å². The first-order chi connectivity index (χ1) is 16.1. The lowest BCUT2D eigenvalue weighted by Crippen LogP contribution is -2.43. The number of pyridine rings is 2. The molecule has 34 heavy (non-hydrogen) atoms. The van der Waals surface area contributed by atoms with Gasteiger partial charge in [-0.3, -0.25) is 24.8 Å². The zero-order valence-electron chi connectivity index (χ0n) is 19.1. The second kappa shape index (κ2) is 9.08. The number of ether oxygens (including phenoxy) is 1. The minimum absolute atomic E-state index is 0.00794. The smallest absolute Gasteiger partial charge is 0.329 e. The summed E-state index contributed by atoms with van der Waals surface area (Å²) in [6, 6.07) is 5.90. The fraction of sp³-hybridized carbons (Fsp3) is 0.458. The molecule has 2 fully saturated rings. The number of alkyl halides is 2. The second-order valence-electron chi connectivity index (χ2n) is 9.02. The molecule has 3 amide bonds. The Balaban J connectivity index is 1.40. The number of urea groups is 1. The molecule has 1 saturated carbocycles. The van der Waals surface area contributed by atoms with E-state index in [-0.39, 0.29) is 50.2 Å². The van der Waals surface area contributed by atoms with Crippen LogP contribution in [0, 0.1) is 12.3 Å². The molecule has 0 bridgehead atoms. The number of hydrogen-bond acceptors (Lipinski definition) is 6. The highest BCUT2D eigenvalue weighted by Gasteiger charge is 2.53. The van der Waals surface area contributed by atoms with E-state index in [0.717, 1.165) is 4.90 Å². The second-order valence-corrected chi connectivity index (χ2v) is 9.02. The number of likely N-dealkylation sites (tertiary alicyclic amines) is 1. The number of hydrogen-bond donors (Lipinski definition) is 1. The average molecular weight is 472 g/mol. The van der Waals surface area contributed by atoms with Gasteiger partial charge >= 0.3 is 6.03 Å². The molecule has 3 heterocycles. The summed E-state index contributed by atoms with van der Waals surface area (Å²) in [4.78, 5) is 46.5. The number of nitrogens with one attached hydrogen (secondary N) is 1. The van der Waals surface area contributed by atoms with Gasteiger partial charge < -0.3 is 4.74 Å². The molecule has 10 heteroatoms. The standard InChI is InChI=1S/C24H26F2N4O4/c1-15(31)13-17-14-18(5-11-27-17)34-19-3-4-20(28-16(19)2)29-22(33)30-12-10-23(21(30)32)6-8-24(25,26)9-7-23/h3-5,11,14H,6-10,12-13H2,1-2H3,(H,28,29,33). The molecule has 8 nitrogen and oxygen atoms in total. The van der Waals surface area contributed by atoms with Gasteiger partial charge in [0.15, 0.2) is 0 Å². The van der Waals surface area contributed by atoms with E-state index in [1.165, 1.54) is 6.92 Å². The molecule has 0 atom stereocenters. The molecule has 0 unspecified atom stereocenters. The molecule has 0 aromatic carbocycles. The highest BCUT2D eigenvalue weighted by atomic mass is 19.3. The molecule has 2 aliphatic rings. The Morgan fingerprint density at radius 3 is 2.56 bits per heavy atom. The van der Waals surface area contributed by atoms with Crippen LogP contribution in [-0.2, 0) is 16.0 Å². The van der Waals surface area contributed by atoms with E-state index in [9.17, 15) is 23.2 Å². The molecule has 1 spiro atoms. The molecule has 0 radical (unpaired) electrons. The number of rotatable bonds is 5. The number of amides is 3. The lowest BCUT2D eigenvalue weighted by atomic mass is 9.72. The normalized spacial score (nSPS) is 18.7. The molecule has 4 rings (SSSR count). The third kappa shape index (κ3) is 5.05. The van der Waals surface area contributed by atoms with Crippen molar-refractivity contribution >= 4 is 23.5 Å². The predicted octanol–water partition coefficient (Wildman–Crippen LogP) is 4.67. The van der Waals surface area contributed by atoms with Crippen LogP contribution in [-0.4, -0.2) is 45.1 Å². The van der Waals surface area contributed by atoms with Crippen molar-refractivity contribution in [1.82, 2.24) is 14.9 Å². The summed E-state index contributed by atoms with van der Waals surface area (Å²) >= 11 is 0. The lowest BCUT2D eigenvalue weighted by molar-refractivity contribution is -0.140. The molecular weight excluding hydrogens is 446 g/mol. The number of nitrogens with zero attached hydrogens (tertiary/aromatic N) is 3. The first kappa shape index (κ1) is 23.7. The summed E-state index contributed by atoms with van der Waals surface area (Å²) in [7, 11) is 0. The number of aryl methyl sites for hydroxylation is 1. The maximum Gasteiger partial charge on any atom is 0.329 e. The number of imide groups is 1. The highest BCUT2D eigenvalue weighted by molar-refractivity contribution is 6.04. The molecule has 1 aliphatic carbocycles. The quantitative estimate of drug-likeness (QED) is 0.679. The molecular formula is C24H26F2N4O4. The first-order valence-corrected chi connectivity index (χ1v) is 11.2. The van der Waals surface area contributed by atoms with Gasteiger partial charge in [-0.2, -0.15) is 0 Å². The molecule has 1 aliphatic heterocycles. The molecule has 2 aromatic heterocycles. The van der Waals surface area contributed by atoms with E-state index in [0.29, 0.717) is 29.3 Å². The number of ketones is 1. The van der Waals surface area contributed by atoms with Crippen molar-refractivity contribution in [2.75, 3.05) is 11.9 Å². The number of halogens is 2. The van der Waals surface area contributed by atoms with Gasteiger partial charge in [-0.15, -0.1) is 0 Å². The van der Waals surface area contributed by atoms with Crippen LogP contribution in [0.15, 0.2) is 30.5 Å². The summed E-state index contributed by atoms with van der Waals surface area (Å²) < 4.78 is 32.9. The zero-order valence-corrected chi connectivity index (χ0v) is 19.1. The van der Waals surface area contributed by atoms with Crippen LogP contribution in [0.4, 0.5) is 19.4 Å². The molecule has 2 aromatic rings. The van der Waals surface area contributed by atoms with Crippen LogP contribution in [0.3, 0.4) is 0 Å². The predicted molar refractivity (Wildman–Crippen MR) is 119 cm³/mol. The Hall–Kier alpha value is -3.43. The average Bonchev–Trinajstić information content (AvgIpc) is 3.08. The first-order valence-electron chi connectivity index (χ1n) is 11.2. The Morgan fingerprint density at radius 2 is 1.88 bits per heavy atom. The Labute approximate surface area is 195 Å². The summed E-state index contributed by atoms with van der Waals surface area (Å²) in [5.41, 5.74) is 0.224. The van der Waals surface area contributed by atoms with E-state index >= 15 is 0 Å². The van der Waals surface area contributed by atoms with Gasteiger partial charge in [-0.05, 0) is 51.3 Å². The third-order valence-corrected chi connectivity index (χ3v) is 6.41. The third-order valence-electron chi connectivity index (χ3n) is 6.41. The molecule has 1 saturated heterocycles. The number of carbonyl (C=O) groups excluding carboxylic acids is 3. The lowest BCUT2D eigenvalue weighted by Gasteiger charge is -2.35. The van der Waals surface area contributed by atoms with Crippen molar-refractivity contribution in [2.24, 2.45) is 5.41 Å². The van der Waals surface area contributed by atoms with Crippen molar-refractivity contribution in [2.45, 2.75) is 58.3 Å². The van der Waals surface area contributed by atoms with Crippen LogP contribution in [0.5, 0.6) is 11.5 Å². The van der Waals surface area contributed by atoms with Crippen LogP contribution in [0.1, 0.15) is 50.4 Å². The van der Waals surface area contributed by atoms with Gasteiger partial charge in [0, 0.05) is 38.1 Å². The maximum atomic E-state index is 13.5. The Bertz CT molecular complexity index is 1130. The van der Waals surface area contributed by atoms with Crippen molar-refractivity contribution in [3.8, 4) is 11.5 Å². The van der Waals surface area contributed by atoms with Crippen molar-refractivity contribution in [1.29, 1.82) is 0 Å². The molecule has 180 valence electrons. The summed E-state index contributed by atoms with van der Waals surface area (Å²) in [6.45, 7) is 3.39. The van der Waals surface area contributed by atoms with Crippen LogP contribution in [0.25, 0.3) is 0 Å². The van der Waals surface area contributed by atoms with E-state index in [1.54, 1.807) is 37.4 Å². The number of carbonyl (C=O) groups is 3. The summed E-state index contributed by atoms with van der Waals surface area (Å²) in [5, 5.41) is 2.62. The minimum Gasteiger partial charge on any atom is -0.455 e. The van der Waals surface area contributed by atoms with E-state index < -0.39 is 23.3 Å². The highest BCUT2D eigenvalue weighted by Crippen LogP contribution is 2.49.